The van der Waals surface area contributed by atoms with Gasteiger partial charge in [-0.15, -0.1) is 0 Å². The fourth-order valence-corrected chi connectivity index (χ4v) is 7.14. The zero-order valence-electron chi connectivity index (χ0n) is 23.9. The van der Waals surface area contributed by atoms with Crippen LogP contribution in [0.5, 0.6) is 5.75 Å². The van der Waals surface area contributed by atoms with Gasteiger partial charge in [0.1, 0.15) is 17.2 Å². The van der Waals surface area contributed by atoms with E-state index in [-0.39, 0.29) is 22.6 Å². The molecule has 10 nitrogen and oxygen atoms in total. The molecular formula is C35H25N3O7. The second-order valence-corrected chi connectivity index (χ2v) is 11.2. The van der Waals surface area contributed by atoms with E-state index in [0.29, 0.717) is 11.3 Å². The maximum Gasteiger partial charge on any atom is 0.308 e. The molecule has 0 saturated carbocycles. The first-order valence-electron chi connectivity index (χ1n) is 14.3. The number of anilines is 1. The van der Waals surface area contributed by atoms with Crippen molar-refractivity contribution >= 4 is 40.9 Å². The summed E-state index contributed by atoms with van der Waals surface area (Å²) >= 11 is 0. The van der Waals surface area contributed by atoms with Gasteiger partial charge < -0.3 is 15.0 Å². The Labute approximate surface area is 257 Å². The number of benzene rings is 4. The summed E-state index contributed by atoms with van der Waals surface area (Å²) in [6.07, 6.45) is 3.60. The fourth-order valence-electron chi connectivity index (χ4n) is 7.14. The maximum absolute atomic E-state index is 14.9. The van der Waals surface area contributed by atoms with E-state index in [0.717, 1.165) is 11.1 Å². The first-order valence-corrected chi connectivity index (χ1v) is 14.3. The number of hydrogen-bond donors (Lipinski definition) is 1. The molecule has 4 aromatic carbocycles. The number of carbonyl (C=O) groups excluding carboxylic acids is 4. The summed E-state index contributed by atoms with van der Waals surface area (Å²) < 4.78 is 5.14. The molecule has 1 amide bonds. The van der Waals surface area contributed by atoms with Crippen molar-refractivity contribution in [1.29, 1.82) is 0 Å². The van der Waals surface area contributed by atoms with Crippen molar-refractivity contribution in [2.24, 2.45) is 5.92 Å². The highest BCUT2D eigenvalue weighted by atomic mass is 16.6. The monoisotopic (exact) mass is 599 g/mol. The molecule has 4 atom stereocenters. The van der Waals surface area contributed by atoms with E-state index in [1.54, 1.807) is 35.4 Å². The fraction of sp³-hybridized carbons (Fsp3) is 0.143. The minimum absolute atomic E-state index is 0.0193. The topological polar surface area (TPSA) is 136 Å². The Kier molecular flexibility index (Phi) is 6.43. The highest BCUT2D eigenvalue weighted by molar-refractivity contribution is 6.16. The van der Waals surface area contributed by atoms with Crippen LogP contribution in [-0.4, -0.2) is 39.3 Å². The number of nitrogens with zero attached hydrogens (tertiary/aromatic N) is 2. The molecule has 7 rings (SSSR count). The van der Waals surface area contributed by atoms with Gasteiger partial charge >= 0.3 is 5.97 Å². The quantitative estimate of drug-likeness (QED) is 0.101. The molecule has 1 spiro atoms. The second kappa shape index (κ2) is 10.4. The number of ether oxygens (including phenoxy) is 1. The van der Waals surface area contributed by atoms with Gasteiger partial charge in [-0.05, 0) is 53.1 Å². The van der Waals surface area contributed by atoms with E-state index in [9.17, 15) is 29.3 Å². The van der Waals surface area contributed by atoms with E-state index in [1.165, 1.54) is 55.5 Å². The van der Waals surface area contributed by atoms with Crippen LogP contribution in [0, 0.1) is 16.0 Å². The minimum Gasteiger partial charge on any atom is -0.427 e. The molecule has 45 heavy (non-hydrogen) atoms. The molecule has 3 aliphatic rings. The first-order chi connectivity index (χ1) is 21.7. The van der Waals surface area contributed by atoms with Crippen LogP contribution in [0.3, 0.4) is 0 Å². The van der Waals surface area contributed by atoms with Gasteiger partial charge in [-0.3, -0.25) is 29.3 Å². The van der Waals surface area contributed by atoms with Crippen molar-refractivity contribution < 1.29 is 28.8 Å². The van der Waals surface area contributed by atoms with Gasteiger partial charge in [0.25, 0.3) is 5.69 Å². The number of fused-ring (bicyclic) bond motifs is 6. The number of Topliss-reactive ketones (excluding diaryl/α,β-unsaturated/α-hetero) is 2. The summed E-state index contributed by atoms with van der Waals surface area (Å²) in [5, 5.41) is 14.7. The lowest BCUT2D eigenvalue weighted by Crippen LogP contribution is -2.49. The maximum atomic E-state index is 14.9. The molecule has 3 heterocycles. The van der Waals surface area contributed by atoms with Crippen molar-refractivity contribution in [3.8, 4) is 5.75 Å². The summed E-state index contributed by atoms with van der Waals surface area (Å²) in [6.45, 7) is 1.27. The normalized spacial score (nSPS) is 22.3. The second-order valence-electron chi connectivity index (χ2n) is 11.2. The molecule has 0 aliphatic carbocycles. The highest BCUT2D eigenvalue weighted by Crippen LogP contribution is 2.62. The van der Waals surface area contributed by atoms with Gasteiger partial charge in [-0.1, -0.05) is 54.6 Å². The lowest BCUT2D eigenvalue weighted by molar-refractivity contribution is -0.384. The van der Waals surface area contributed by atoms with Crippen molar-refractivity contribution in [3.63, 3.8) is 0 Å². The Morgan fingerprint density at radius 1 is 0.889 bits per heavy atom. The average molecular weight is 600 g/mol. The molecule has 0 radical (unpaired) electrons. The summed E-state index contributed by atoms with van der Waals surface area (Å²) in [6, 6.07) is 24.1. The molecular weight excluding hydrogens is 574 g/mol. The van der Waals surface area contributed by atoms with E-state index in [1.807, 2.05) is 30.3 Å². The largest absolute Gasteiger partial charge is 0.427 e. The first kappa shape index (κ1) is 27.9. The Bertz CT molecular complexity index is 1970. The van der Waals surface area contributed by atoms with E-state index < -0.39 is 51.8 Å². The Morgan fingerprint density at radius 2 is 1.62 bits per heavy atom. The van der Waals surface area contributed by atoms with E-state index in [2.05, 4.69) is 5.32 Å². The number of nitrogens with one attached hydrogen (secondary N) is 1. The van der Waals surface area contributed by atoms with Crippen molar-refractivity contribution in [2.75, 3.05) is 5.32 Å². The smallest absolute Gasteiger partial charge is 0.308 e. The van der Waals surface area contributed by atoms with Crippen molar-refractivity contribution in [1.82, 2.24) is 4.90 Å². The van der Waals surface area contributed by atoms with Crippen LogP contribution in [0.4, 0.5) is 11.4 Å². The van der Waals surface area contributed by atoms with Gasteiger partial charge in [0, 0.05) is 42.1 Å². The number of hydrogen-bond acceptors (Lipinski definition) is 8. The van der Waals surface area contributed by atoms with Crippen LogP contribution in [0.2, 0.25) is 0 Å². The predicted octanol–water partition coefficient (Wildman–Crippen LogP) is 5.50. The van der Waals surface area contributed by atoms with E-state index in [4.69, 9.17) is 4.74 Å². The minimum atomic E-state index is -1.57. The Balaban J connectivity index is 1.48. The molecule has 4 aromatic rings. The molecule has 1 N–H and O–H groups in total. The number of ketones is 2. The van der Waals surface area contributed by atoms with Crippen molar-refractivity contribution in [2.45, 2.75) is 24.4 Å². The van der Waals surface area contributed by atoms with Crippen LogP contribution >= 0.6 is 0 Å². The number of amides is 1. The number of rotatable bonds is 6. The third-order valence-corrected chi connectivity index (χ3v) is 8.86. The summed E-state index contributed by atoms with van der Waals surface area (Å²) in [4.78, 5) is 68.4. The predicted molar refractivity (Wildman–Crippen MR) is 164 cm³/mol. The summed E-state index contributed by atoms with van der Waals surface area (Å²) in [5.41, 5.74) is 1.12. The van der Waals surface area contributed by atoms with Crippen LogP contribution in [0.1, 0.15) is 50.4 Å². The van der Waals surface area contributed by atoms with Gasteiger partial charge in [0.15, 0.2) is 11.6 Å². The third kappa shape index (κ3) is 4.17. The van der Waals surface area contributed by atoms with Crippen LogP contribution < -0.4 is 10.1 Å². The Morgan fingerprint density at radius 3 is 2.38 bits per heavy atom. The third-order valence-electron chi connectivity index (χ3n) is 8.86. The number of nitro benzene ring substituents is 1. The standard InChI is InChI=1S/C35H25N3O7/c1-20(39)45-25-15-13-22(14-16-25)32(41)30-29(31(40)23-8-6-9-24(19-23)38(43)44)35(27-11-4-5-12-28(27)36-34(35)42)33-26-10-3-2-7-21(26)17-18-37(30)33/h2-19,29-30,33H,1H3,(H,36,42)/t29-,30+,33-,35-/m1/s1. The van der Waals surface area contributed by atoms with Crippen LogP contribution in [-0.2, 0) is 15.0 Å². The highest BCUT2D eigenvalue weighted by Gasteiger charge is 2.70. The van der Waals surface area contributed by atoms with E-state index >= 15 is 0 Å². The van der Waals surface area contributed by atoms with Gasteiger partial charge in [0.05, 0.1) is 16.9 Å². The summed E-state index contributed by atoms with van der Waals surface area (Å²) in [5.74, 6) is -2.99. The molecule has 10 heteroatoms. The zero-order chi connectivity index (χ0) is 31.5. The van der Waals surface area contributed by atoms with Gasteiger partial charge in [-0.2, -0.15) is 0 Å². The van der Waals surface area contributed by atoms with Crippen LogP contribution in [0.15, 0.2) is 103 Å². The lowest BCUT2D eigenvalue weighted by atomic mass is 9.62. The van der Waals surface area contributed by atoms with Crippen LogP contribution in [0.25, 0.3) is 6.08 Å². The molecule has 0 aromatic heterocycles. The van der Waals surface area contributed by atoms with Gasteiger partial charge in [-0.25, -0.2) is 0 Å². The number of non-ortho nitro benzene ring substituents is 1. The average Bonchev–Trinajstić information content (AvgIpc) is 3.52. The molecule has 1 saturated heterocycles. The number of carbonyl (C=O) groups is 4. The Hall–Kier alpha value is -5.90. The number of para-hydroxylation sites is 1. The molecule has 222 valence electrons. The zero-order valence-corrected chi connectivity index (χ0v) is 23.9. The molecule has 0 bridgehead atoms. The SMILES string of the molecule is CC(=O)Oc1ccc(C(=O)[C@@H]2[C@H](C(=O)c3cccc([N+](=O)[O-])c3)[C@@]3(C(=O)Nc4ccccc43)[C@H]3c4ccccc4C=CN23)cc1. The number of nitro groups is 1. The van der Waals surface area contributed by atoms with Gasteiger partial charge in [0.2, 0.25) is 5.91 Å². The summed E-state index contributed by atoms with van der Waals surface area (Å²) in [7, 11) is 0. The van der Waals surface area contributed by atoms with Crippen molar-refractivity contribution in [3.05, 3.63) is 141 Å². The molecule has 3 aliphatic heterocycles. The molecule has 1 fully saturated rings. The number of esters is 1. The lowest BCUT2D eigenvalue weighted by Gasteiger charge is -2.38. The molecule has 0 unspecified atom stereocenters.